The van der Waals surface area contributed by atoms with Crippen molar-refractivity contribution in [1.82, 2.24) is 20.6 Å². The lowest BCUT2D eigenvalue weighted by atomic mass is 10.2. The van der Waals surface area contributed by atoms with Crippen LogP contribution >= 0.6 is 0 Å². The highest BCUT2D eigenvalue weighted by atomic mass is 16.5. The van der Waals surface area contributed by atoms with E-state index in [0.717, 1.165) is 17.0 Å². The number of hydrogen-bond donors (Lipinski definition) is 3. The van der Waals surface area contributed by atoms with Crippen molar-refractivity contribution in [2.75, 3.05) is 25.5 Å². The molecule has 29 heavy (non-hydrogen) atoms. The van der Waals surface area contributed by atoms with Gasteiger partial charge in [-0.1, -0.05) is 6.07 Å². The first kappa shape index (κ1) is 22.3. The number of hydrogen-bond acceptors (Lipinski definition) is 7. The van der Waals surface area contributed by atoms with Gasteiger partial charge in [-0.2, -0.15) is 0 Å². The number of rotatable bonds is 9. The molecule has 1 aromatic heterocycles. The fraction of sp³-hybridized carbons (Fsp3) is 0.429. The molecule has 0 saturated heterocycles. The molecule has 0 aliphatic rings. The minimum Gasteiger partial charge on any atom is -0.489 e. The van der Waals surface area contributed by atoms with E-state index < -0.39 is 0 Å². The zero-order chi connectivity index (χ0) is 21.4. The predicted molar refractivity (Wildman–Crippen MR) is 117 cm³/mol. The summed E-state index contributed by atoms with van der Waals surface area (Å²) in [6.45, 7) is 10.7. The van der Waals surface area contributed by atoms with Gasteiger partial charge in [-0.05, 0) is 59.4 Å². The molecule has 0 unspecified atom stereocenters. The van der Waals surface area contributed by atoms with Crippen LogP contribution in [0.5, 0.6) is 5.75 Å². The average Bonchev–Trinajstić information content (AvgIpc) is 2.66. The number of aromatic nitrogens is 2. The molecule has 2 rings (SSSR count). The minimum atomic E-state index is -0.228. The first-order valence-electron chi connectivity index (χ1n) is 9.65. The van der Waals surface area contributed by atoms with Gasteiger partial charge in [0.15, 0.2) is 5.82 Å². The van der Waals surface area contributed by atoms with Crippen LogP contribution in [0, 0.1) is 13.8 Å². The zero-order valence-corrected chi connectivity index (χ0v) is 18.0. The van der Waals surface area contributed by atoms with E-state index in [1.807, 2.05) is 52.9 Å². The second-order valence-corrected chi connectivity index (χ2v) is 7.00. The second-order valence-electron chi connectivity index (χ2n) is 7.00. The second kappa shape index (κ2) is 10.5. The lowest BCUT2D eigenvalue weighted by Crippen LogP contribution is -2.34. The van der Waals surface area contributed by atoms with Crippen LogP contribution in [0.15, 0.2) is 29.5 Å². The van der Waals surface area contributed by atoms with Crippen LogP contribution < -0.4 is 20.7 Å². The summed E-state index contributed by atoms with van der Waals surface area (Å²) in [4.78, 5) is 25.3. The number of carbonyl (C=O) groups is 1. The number of benzene rings is 1. The van der Waals surface area contributed by atoms with Gasteiger partial charge in [0.2, 0.25) is 0 Å². The van der Waals surface area contributed by atoms with Gasteiger partial charge in [-0.3, -0.25) is 4.79 Å². The third-order valence-corrected chi connectivity index (χ3v) is 4.03. The fourth-order valence-corrected chi connectivity index (χ4v) is 2.55. The Morgan fingerprint density at radius 3 is 2.66 bits per heavy atom. The number of likely N-dealkylation sites (N-methyl/N-ethyl adjacent to an activating group) is 1. The Kier molecular flexibility index (Phi) is 8.09. The third-order valence-electron chi connectivity index (χ3n) is 4.03. The van der Waals surface area contributed by atoms with Gasteiger partial charge in [0.25, 0.3) is 5.91 Å². The average molecular weight is 399 g/mol. The number of anilines is 2. The van der Waals surface area contributed by atoms with E-state index in [4.69, 9.17) is 4.74 Å². The summed E-state index contributed by atoms with van der Waals surface area (Å²) in [6.07, 6.45) is 1.50. The molecule has 0 aliphatic carbocycles. The van der Waals surface area contributed by atoms with Crippen molar-refractivity contribution in [3.63, 3.8) is 0 Å². The third kappa shape index (κ3) is 6.53. The first-order chi connectivity index (χ1) is 13.8. The van der Waals surface area contributed by atoms with Gasteiger partial charge < -0.3 is 20.7 Å². The van der Waals surface area contributed by atoms with Gasteiger partial charge in [0, 0.05) is 13.1 Å². The van der Waals surface area contributed by atoms with Crippen molar-refractivity contribution in [1.29, 1.82) is 0 Å². The van der Waals surface area contributed by atoms with Gasteiger partial charge in [0.05, 0.1) is 17.5 Å². The molecule has 156 valence electrons. The van der Waals surface area contributed by atoms with E-state index in [1.54, 1.807) is 6.92 Å². The Labute approximate surface area is 172 Å². The highest BCUT2D eigenvalue weighted by molar-refractivity contribution is 6.38. The molecule has 3 N–H and O–H groups in total. The van der Waals surface area contributed by atoms with Gasteiger partial charge in [-0.25, -0.2) is 15.0 Å². The van der Waals surface area contributed by atoms with Crippen molar-refractivity contribution in [3.05, 3.63) is 35.8 Å². The number of aliphatic imine (C=N–C) groups is 1. The van der Waals surface area contributed by atoms with Crippen molar-refractivity contribution < 1.29 is 9.53 Å². The molecule has 1 heterocycles. The van der Waals surface area contributed by atoms with E-state index in [-0.39, 0.29) is 12.0 Å². The van der Waals surface area contributed by atoms with Crippen LogP contribution in [0.4, 0.5) is 17.2 Å². The van der Waals surface area contributed by atoms with Crippen LogP contribution in [0.2, 0.25) is 0 Å². The van der Waals surface area contributed by atoms with Gasteiger partial charge in [-0.15, -0.1) is 0 Å². The highest BCUT2D eigenvalue weighted by Gasteiger charge is 2.14. The number of nitrogens with zero attached hydrogens (tertiary/aromatic N) is 3. The maximum absolute atomic E-state index is 12.3. The zero-order valence-electron chi connectivity index (χ0n) is 18.0. The predicted octanol–water partition coefficient (Wildman–Crippen LogP) is 3.05. The van der Waals surface area contributed by atoms with Crippen LogP contribution in [0.3, 0.4) is 0 Å². The Balaban J connectivity index is 2.34. The molecule has 0 spiro atoms. The summed E-state index contributed by atoms with van der Waals surface area (Å²) in [5.74, 6) is 1.01. The molecule has 0 bridgehead atoms. The fourth-order valence-electron chi connectivity index (χ4n) is 2.55. The maximum Gasteiger partial charge on any atom is 0.265 e. The lowest BCUT2D eigenvalue weighted by molar-refractivity contribution is -0.114. The smallest absolute Gasteiger partial charge is 0.265 e. The lowest BCUT2D eigenvalue weighted by Gasteiger charge is -2.17. The topological polar surface area (TPSA) is 101 Å². The van der Waals surface area contributed by atoms with Crippen molar-refractivity contribution >= 4 is 28.8 Å². The Bertz CT molecular complexity index is 879. The SMILES string of the molecule is CNCCNC(=O)C(C)=Nc1c(C)ncnc1Nc1ccc(C)cc1OC(C)C. The molecule has 0 radical (unpaired) electrons. The summed E-state index contributed by atoms with van der Waals surface area (Å²) in [5.41, 5.74) is 3.39. The number of nitrogens with one attached hydrogen (secondary N) is 3. The van der Waals surface area contributed by atoms with Crippen LogP contribution in [0.1, 0.15) is 32.0 Å². The largest absolute Gasteiger partial charge is 0.489 e. The summed E-state index contributed by atoms with van der Waals surface area (Å²) in [6, 6.07) is 5.90. The number of amides is 1. The maximum atomic E-state index is 12.3. The Morgan fingerprint density at radius 2 is 1.97 bits per heavy atom. The molecule has 1 amide bonds. The Hall–Kier alpha value is -3.00. The van der Waals surface area contributed by atoms with Crippen molar-refractivity contribution in [2.24, 2.45) is 4.99 Å². The van der Waals surface area contributed by atoms with E-state index in [0.29, 0.717) is 36.0 Å². The molecular formula is C21H30N6O2. The number of aryl methyl sites for hydroxylation is 2. The Morgan fingerprint density at radius 1 is 1.21 bits per heavy atom. The van der Waals surface area contributed by atoms with Gasteiger partial charge >= 0.3 is 0 Å². The number of carbonyl (C=O) groups excluding carboxylic acids is 1. The normalized spacial score (nSPS) is 11.5. The molecule has 8 nitrogen and oxygen atoms in total. The first-order valence-corrected chi connectivity index (χ1v) is 9.65. The summed E-state index contributed by atoms with van der Waals surface area (Å²) in [5, 5.41) is 9.09. The van der Waals surface area contributed by atoms with Crippen molar-refractivity contribution in [2.45, 2.75) is 40.7 Å². The quantitative estimate of drug-likeness (QED) is 0.443. The monoisotopic (exact) mass is 398 g/mol. The van der Waals surface area contributed by atoms with E-state index >= 15 is 0 Å². The van der Waals surface area contributed by atoms with E-state index in [1.165, 1.54) is 6.33 Å². The van der Waals surface area contributed by atoms with Gasteiger partial charge in [0.1, 0.15) is 23.5 Å². The van der Waals surface area contributed by atoms with Crippen LogP contribution in [0.25, 0.3) is 0 Å². The minimum absolute atomic E-state index is 0.0329. The number of ether oxygens (including phenoxy) is 1. The summed E-state index contributed by atoms with van der Waals surface area (Å²) < 4.78 is 5.93. The molecule has 0 fully saturated rings. The van der Waals surface area contributed by atoms with Crippen molar-refractivity contribution in [3.8, 4) is 5.75 Å². The molecule has 0 saturated carbocycles. The molecule has 2 aromatic rings. The van der Waals surface area contributed by atoms with Crippen LogP contribution in [-0.2, 0) is 4.79 Å². The molecule has 1 aromatic carbocycles. The highest BCUT2D eigenvalue weighted by Crippen LogP contribution is 2.33. The van der Waals surface area contributed by atoms with E-state index in [9.17, 15) is 4.79 Å². The standard InChI is InChI=1S/C21H30N6O2/c1-13(2)29-18-11-14(3)7-8-17(18)27-20-19(15(4)24-12-25-20)26-16(5)21(28)23-10-9-22-6/h7-8,11-13,22H,9-10H2,1-6H3,(H,23,28)(H,24,25,27). The summed E-state index contributed by atoms with van der Waals surface area (Å²) in [7, 11) is 1.83. The summed E-state index contributed by atoms with van der Waals surface area (Å²) >= 11 is 0. The molecule has 8 heteroatoms. The molecule has 0 aliphatic heterocycles. The van der Waals surface area contributed by atoms with E-state index in [2.05, 4.69) is 30.9 Å². The molecular weight excluding hydrogens is 368 g/mol. The van der Waals surface area contributed by atoms with Crippen LogP contribution in [-0.4, -0.2) is 47.8 Å². The molecule has 0 atom stereocenters.